The van der Waals surface area contributed by atoms with Crippen molar-refractivity contribution in [1.29, 1.82) is 0 Å². The van der Waals surface area contributed by atoms with E-state index in [2.05, 4.69) is 24.8 Å². The number of hydrogen-bond donors (Lipinski definition) is 0. The molecule has 0 saturated heterocycles. The molecule has 0 unspecified atom stereocenters. The quantitative estimate of drug-likeness (QED) is 0.225. The van der Waals surface area contributed by atoms with Gasteiger partial charge in [-0.15, -0.1) is 0 Å². The Morgan fingerprint density at radius 2 is 1.55 bits per heavy atom. The van der Waals surface area contributed by atoms with Crippen LogP contribution in [0.1, 0.15) is 44.1 Å². The van der Waals surface area contributed by atoms with E-state index < -0.39 is 29.0 Å². The highest BCUT2D eigenvalue weighted by atomic mass is 19.2. The van der Waals surface area contributed by atoms with Crippen LogP contribution in [0.3, 0.4) is 0 Å². The Labute approximate surface area is 192 Å². The van der Waals surface area contributed by atoms with Gasteiger partial charge in [0.25, 0.3) is 0 Å². The fraction of sp³-hybridized carbons (Fsp3) is 0.333. The fourth-order valence-electron chi connectivity index (χ4n) is 4.01. The predicted molar refractivity (Wildman–Crippen MR) is 122 cm³/mol. The van der Waals surface area contributed by atoms with Gasteiger partial charge in [0.1, 0.15) is 18.1 Å². The molecule has 0 atom stereocenters. The molecule has 6 heteroatoms. The summed E-state index contributed by atoms with van der Waals surface area (Å²) in [5.41, 5.74) is 0.857. The molecule has 0 heterocycles. The lowest BCUT2D eigenvalue weighted by atomic mass is 9.79. The summed E-state index contributed by atoms with van der Waals surface area (Å²) in [7, 11) is 1.18. The lowest BCUT2D eigenvalue weighted by molar-refractivity contribution is 0.279. The summed E-state index contributed by atoms with van der Waals surface area (Å²) < 4.78 is 67.4. The monoisotopic (exact) mass is 460 g/mol. The van der Waals surface area contributed by atoms with Gasteiger partial charge in [-0.1, -0.05) is 57.2 Å². The summed E-state index contributed by atoms with van der Waals surface area (Å²) in [6.07, 6.45) is 3.78. The first-order valence-corrected chi connectivity index (χ1v) is 10.9. The summed E-state index contributed by atoms with van der Waals surface area (Å²) in [6, 6.07) is 9.54. The Bertz CT molecular complexity index is 1050. The van der Waals surface area contributed by atoms with Crippen molar-refractivity contribution in [3.63, 3.8) is 0 Å². The molecule has 33 heavy (non-hydrogen) atoms. The van der Waals surface area contributed by atoms with Crippen molar-refractivity contribution in [2.24, 2.45) is 5.92 Å². The van der Waals surface area contributed by atoms with Crippen LogP contribution in [-0.4, -0.2) is 13.7 Å². The Hall–Kier alpha value is -3.02. The minimum atomic E-state index is -1.25. The molecule has 2 aromatic rings. The molecule has 2 nitrogen and oxygen atoms in total. The summed E-state index contributed by atoms with van der Waals surface area (Å²) in [5.74, 6) is -3.53. The zero-order valence-corrected chi connectivity index (χ0v) is 18.9. The van der Waals surface area contributed by atoms with Gasteiger partial charge >= 0.3 is 0 Å². The minimum absolute atomic E-state index is 0.0500. The van der Waals surface area contributed by atoms with E-state index in [0.29, 0.717) is 22.8 Å². The Kier molecular flexibility index (Phi) is 8.01. The Morgan fingerprint density at radius 3 is 2.15 bits per heavy atom. The number of hydrogen-bond acceptors (Lipinski definition) is 2. The predicted octanol–water partition coefficient (Wildman–Crippen LogP) is 8.17. The van der Waals surface area contributed by atoms with E-state index in [-0.39, 0.29) is 23.7 Å². The van der Waals surface area contributed by atoms with Gasteiger partial charge in [-0.2, -0.15) is 4.39 Å². The van der Waals surface area contributed by atoms with E-state index in [1.54, 1.807) is 36.4 Å². The molecule has 1 aliphatic carbocycles. The second-order valence-corrected chi connectivity index (χ2v) is 8.46. The van der Waals surface area contributed by atoms with Gasteiger partial charge in [0.2, 0.25) is 0 Å². The maximum Gasteiger partial charge on any atom is 0.200 e. The van der Waals surface area contributed by atoms with E-state index >= 15 is 0 Å². The number of methoxy groups -OCH3 is 1. The van der Waals surface area contributed by atoms with E-state index in [1.807, 2.05) is 0 Å². The number of ether oxygens (including phenoxy) is 2. The zero-order valence-electron chi connectivity index (χ0n) is 18.9. The average Bonchev–Trinajstić information content (AvgIpc) is 2.83. The molecule has 0 aromatic heterocycles. The third kappa shape index (κ3) is 5.67. The molecule has 1 fully saturated rings. The maximum absolute atomic E-state index is 14.9. The van der Waals surface area contributed by atoms with Crippen LogP contribution >= 0.6 is 0 Å². The van der Waals surface area contributed by atoms with Crippen molar-refractivity contribution in [2.45, 2.75) is 38.5 Å². The first kappa shape index (κ1) is 24.6. The van der Waals surface area contributed by atoms with Crippen LogP contribution in [-0.2, 0) is 4.74 Å². The lowest BCUT2D eigenvalue weighted by Gasteiger charge is -2.27. The first-order chi connectivity index (χ1) is 15.7. The van der Waals surface area contributed by atoms with Crippen LogP contribution in [0.4, 0.5) is 17.6 Å². The second kappa shape index (κ2) is 10.7. The highest BCUT2D eigenvalue weighted by Gasteiger charge is 2.25. The van der Waals surface area contributed by atoms with Crippen molar-refractivity contribution in [2.75, 3.05) is 13.7 Å². The molecule has 0 aliphatic heterocycles. The lowest BCUT2D eigenvalue weighted by Crippen LogP contribution is -2.13. The SMILES string of the molecule is C=C(COc1ccc(-c2ccc(C3CCC(C)CC3)c(F)c2F)cc1)/C(F)=C(/F)C(=C)OC. The standard InChI is InChI=1S/C27H28F4O2/c1-16-5-7-19(8-6-16)22-13-14-23(27(31)26(22)30)20-9-11-21(12-10-20)33-15-17(2)24(28)25(29)18(3)32-4/h9-14,16,19H,2-3,5-8,15H2,1,4H3/b25-24-. The van der Waals surface area contributed by atoms with Gasteiger partial charge in [0, 0.05) is 11.1 Å². The topological polar surface area (TPSA) is 18.5 Å². The van der Waals surface area contributed by atoms with Crippen molar-refractivity contribution in [3.8, 4) is 16.9 Å². The Morgan fingerprint density at radius 1 is 0.909 bits per heavy atom. The molecule has 0 radical (unpaired) electrons. The minimum Gasteiger partial charge on any atom is -0.494 e. The summed E-state index contributed by atoms with van der Waals surface area (Å²) in [4.78, 5) is 0. The van der Waals surface area contributed by atoms with Gasteiger partial charge in [-0.25, -0.2) is 13.2 Å². The van der Waals surface area contributed by atoms with Crippen molar-refractivity contribution in [1.82, 2.24) is 0 Å². The zero-order chi connectivity index (χ0) is 24.1. The van der Waals surface area contributed by atoms with Crippen LogP contribution in [0.15, 0.2) is 72.5 Å². The van der Waals surface area contributed by atoms with Gasteiger partial charge in [-0.3, -0.25) is 0 Å². The molecule has 0 bridgehead atoms. The third-order valence-electron chi connectivity index (χ3n) is 6.14. The molecule has 0 N–H and O–H groups in total. The molecule has 3 rings (SSSR count). The van der Waals surface area contributed by atoms with Gasteiger partial charge in [-0.05, 0) is 47.9 Å². The van der Waals surface area contributed by atoms with E-state index in [4.69, 9.17) is 4.74 Å². The second-order valence-electron chi connectivity index (χ2n) is 8.46. The molecular formula is C27H28F4O2. The molecule has 0 amide bonds. The number of benzene rings is 2. The summed E-state index contributed by atoms with van der Waals surface area (Å²) in [5, 5.41) is 0. The molecule has 1 aliphatic rings. The van der Waals surface area contributed by atoms with Crippen molar-refractivity contribution >= 4 is 0 Å². The maximum atomic E-state index is 14.9. The van der Waals surface area contributed by atoms with Crippen molar-refractivity contribution < 1.29 is 27.0 Å². The van der Waals surface area contributed by atoms with Crippen LogP contribution < -0.4 is 4.74 Å². The summed E-state index contributed by atoms with van der Waals surface area (Å²) in [6.45, 7) is 8.58. The van der Waals surface area contributed by atoms with Crippen LogP contribution in [0.5, 0.6) is 5.75 Å². The van der Waals surface area contributed by atoms with Crippen LogP contribution in [0.2, 0.25) is 0 Å². The molecule has 176 valence electrons. The van der Waals surface area contributed by atoms with E-state index in [9.17, 15) is 17.6 Å². The molecular weight excluding hydrogens is 432 g/mol. The normalized spacial score (nSPS) is 19.0. The largest absolute Gasteiger partial charge is 0.494 e. The third-order valence-corrected chi connectivity index (χ3v) is 6.14. The number of allylic oxidation sites excluding steroid dienone is 1. The van der Waals surface area contributed by atoms with E-state index in [0.717, 1.165) is 25.7 Å². The van der Waals surface area contributed by atoms with Gasteiger partial charge in [0.15, 0.2) is 23.3 Å². The van der Waals surface area contributed by atoms with Crippen LogP contribution in [0.25, 0.3) is 11.1 Å². The molecule has 0 spiro atoms. The highest BCUT2D eigenvalue weighted by Crippen LogP contribution is 2.39. The number of halogens is 4. The highest BCUT2D eigenvalue weighted by molar-refractivity contribution is 5.65. The Balaban J connectivity index is 1.69. The van der Waals surface area contributed by atoms with Crippen molar-refractivity contribution in [3.05, 3.63) is 89.7 Å². The van der Waals surface area contributed by atoms with E-state index in [1.165, 1.54) is 7.11 Å². The number of rotatable bonds is 8. The smallest absolute Gasteiger partial charge is 0.200 e. The molecule has 1 saturated carbocycles. The first-order valence-electron chi connectivity index (χ1n) is 10.9. The summed E-state index contributed by atoms with van der Waals surface area (Å²) >= 11 is 0. The van der Waals surface area contributed by atoms with Gasteiger partial charge in [0.05, 0.1) is 7.11 Å². The average molecular weight is 461 g/mol. The van der Waals surface area contributed by atoms with Gasteiger partial charge < -0.3 is 9.47 Å². The van der Waals surface area contributed by atoms with Crippen LogP contribution in [0, 0.1) is 17.6 Å². The fourth-order valence-corrected chi connectivity index (χ4v) is 4.01. The molecule has 2 aromatic carbocycles.